The standard InChI is InChI=1S/C19H19F2N3O2/c20-13-7-8-14(15(21)10-13)19(26)23-16-5-2-1-4-12(16)11-24-9-3-6-17(24)18(22)25/h1-2,4-5,7-8,10,17H,3,6,9,11H2,(H2,22,25)(H,23,26). The van der Waals surface area contributed by atoms with Gasteiger partial charge in [0.1, 0.15) is 11.6 Å². The first-order valence-electron chi connectivity index (χ1n) is 8.33. The van der Waals surface area contributed by atoms with Crippen molar-refractivity contribution in [3.63, 3.8) is 0 Å². The smallest absolute Gasteiger partial charge is 0.258 e. The Morgan fingerprint density at radius 1 is 1.19 bits per heavy atom. The number of nitrogens with one attached hydrogen (secondary N) is 1. The van der Waals surface area contributed by atoms with Crippen molar-refractivity contribution in [1.82, 2.24) is 4.90 Å². The van der Waals surface area contributed by atoms with Gasteiger partial charge in [-0.2, -0.15) is 0 Å². The number of amides is 2. The molecule has 1 saturated heterocycles. The number of nitrogens with zero attached hydrogens (tertiary/aromatic N) is 1. The molecule has 3 rings (SSSR count). The summed E-state index contributed by atoms with van der Waals surface area (Å²) < 4.78 is 26.8. The van der Waals surface area contributed by atoms with Gasteiger partial charge in [-0.1, -0.05) is 18.2 Å². The second kappa shape index (κ2) is 7.61. The second-order valence-corrected chi connectivity index (χ2v) is 6.27. The SMILES string of the molecule is NC(=O)C1CCCN1Cc1ccccc1NC(=O)c1ccc(F)cc1F. The molecule has 136 valence electrons. The number of likely N-dealkylation sites (tertiary alicyclic amines) is 1. The van der Waals surface area contributed by atoms with Gasteiger partial charge in [0.25, 0.3) is 5.91 Å². The average Bonchev–Trinajstić information content (AvgIpc) is 3.05. The van der Waals surface area contributed by atoms with E-state index in [1.807, 2.05) is 17.0 Å². The highest BCUT2D eigenvalue weighted by atomic mass is 19.1. The highest BCUT2D eigenvalue weighted by Gasteiger charge is 2.29. The quantitative estimate of drug-likeness (QED) is 0.862. The lowest BCUT2D eigenvalue weighted by Gasteiger charge is -2.23. The van der Waals surface area contributed by atoms with Crippen LogP contribution in [0.1, 0.15) is 28.8 Å². The summed E-state index contributed by atoms with van der Waals surface area (Å²) in [5.41, 5.74) is 6.50. The molecule has 1 heterocycles. The molecule has 3 N–H and O–H groups in total. The Morgan fingerprint density at radius 2 is 1.96 bits per heavy atom. The molecule has 1 fully saturated rings. The van der Waals surface area contributed by atoms with E-state index in [0.717, 1.165) is 30.7 Å². The van der Waals surface area contributed by atoms with Crippen molar-refractivity contribution in [2.75, 3.05) is 11.9 Å². The van der Waals surface area contributed by atoms with E-state index in [1.165, 1.54) is 0 Å². The maximum atomic E-state index is 13.8. The number of anilines is 1. The van der Waals surface area contributed by atoms with Crippen molar-refractivity contribution < 1.29 is 18.4 Å². The molecule has 1 unspecified atom stereocenters. The summed E-state index contributed by atoms with van der Waals surface area (Å²) in [6, 6.07) is 9.57. The van der Waals surface area contributed by atoms with Crippen molar-refractivity contribution in [2.45, 2.75) is 25.4 Å². The third-order valence-corrected chi connectivity index (χ3v) is 4.51. The highest BCUT2D eigenvalue weighted by molar-refractivity contribution is 6.04. The van der Waals surface area contributed by atoms with Crippen LogP contribution >= 0.6 is 0 Å². The third kappa shape index (κ3) is 3.88. The van der Waals surface area contributed by atoms with Crippen molar-refractivity contribution in [3.05, 3.63) is 65.2 Å². The Balaban J connectivity index is 1.79. The molecule has 1 atom stereocenters. The lowest BCUT2D eigenvalue weighted by Crippen LogP contribution is -2.39. The van der Waals surface area contributed by atoms with Gasteiger partial charge in [-0.3, -0.25) is 14.5 Å². The molecule has 2 aromatic carbocycles. The number of hydrogen-bond acceptors (Lipinski definition) is 3. The summed E-state index contributed by atoms with van der Waals surface area (Å²) in [4.78, 5) is 25.9. The first-order chi connectivity index (χ1) is 12.5. The number of carbonyl (C=O) groups excluding carboxylic acids is 2. The number of hydrogen-bond donors (Lipinski definition) is 2. The topological polar surface area (TPSA) is 75.4 Å². The van der Waals surface area contributed by atoms with Gasteiger partial charge in [-0.05, 0) is 43.1 Å². The van der Waals surface area contributed by atoms with Crippen LogP contribution in [-0.4, -0.2) is 29.3 Å². The fraction of sp³-hybridized carbons (Fsp3) is 0.263. The van der Waals surface area contributed by atoms with E-state index in [0.29, 0.717) is 24.7 Å². The summed E-state index contributed by atoms with van der Waals surface area (Å²) in [7, 11) is 0. The highest BCUT2D eigenvalue weighted by Crippen LogP contribution is 2.24. The van der Waals surface area contributed by atoms with Gasteiger partial charge in [-0.15, -0.1) is 0 Å². The zero-order valence-electron chi connectivity index (χ0n) is 14.0. The summed E-state index contributed by atoms with van der Waals surface area (Å²) in [6.45, 7) is 1.18. The van der Waals surface area contributed by atoms with Crippen LogP contribution in [0.3, 0.4) is 0 Å². The first kappa shape index (κ1) is 18.0. The van der Waals surface area contributed by atoms with Crippen molar-refractivity contribution >= 4 is 17.5 Å². The number of carbonyl (C=O) groups is 2. The zero-order chi connectivity index (χ0) is 18.7. The number of nitrogens with two attached hydrogens (primary N) is 1. The molecule has 0 aromatic heterocycles. The van der Waals surface area contributed by atoms with Crippen LogP contribution in [0, 0.1) is 11.6 Å². The van der Waals surface area contributed by atoms with Crippen molar-refractivity contribution in [1.29, 1.82) is 0 Å². The minimum atomic E-state index is -0.923. The third-order valence-electron chi connectivity index (χ3n) is 4.51. The number of para-hydroxylation sites is 1. The molecule has 2 amide bonds. The van der Waals surface area contributed by atoms with Crippen molar-refractivity contribution in [2.24, 2.45) is 5.73 Å². The van der Waals surface area contributed by atoms with E-state index < -0.39 is 17.5 Å². The van der Waals surface area contributed by atoms with Crippen LogP contribution in [0.4, 0.5) is 14.5 Å². The summed E-state index contributed by atoms with van der Waals surface area (Å²) in [5.74, 6) is -2.69. The Hall–Kier alpha value is -2.80. The van der Waals surface area contributed by atoms with Gasteiger partial charge in [0.2, 0.25) is 5.91 Å². The van der Waals surface area contributed by atoms with Crippen LogP contribution in [0.15, 0.2) is 42.5 Å². The van der Waals surface area contributed by atoms with Crippen molar-refractivity contribution in [3.8, 4) is 0 Å². The largest absolute Gasteiger partial charge is 0.368 e. The van der Waals surface area contributed by atoms with Crippen LogP contribution in [0.5, 0.6) is 0 Å². The lowest BCUT2D eigenvalue weighted by molar-refractivity contribution is -0.122. The minimum absolute atomic E-state index is 0.239. The number of rotatable bonds is 5. The van der Waals surface area contributed by atoms with E-state index in [-0.39, 0.29) is 17.5 Å². The van der Waals surface area contributed by atoms with Gasteiger partial charge in [-0.25, -0.2) is 8.78 Å². The zero-order valence-corrected chi connectivity index (χ0v) is 14.0. The maximum absolute atomic E-state index is 13.8. The van der Waals surface area contributed by atoms with Crippen LogP contribution in [0.25, 0.3) is 0 Å². The summed E-state index contributed by atoms with van der Waals surface area (Å²) in [5, 5.41) is 2.66. The van der Waals surface area contributed by atoms with Gasteiger partial charge in [0.05, 0.1) is 11.6 Å². The number of benzene rings is 2. The molecular weight excluding hydrogens is 340 g/mol. The molecular formula is C19H19F2N3O2. The Kier molecular flexibility index (Phi) is 5.27. The van der Waals surface area contributed by atoms with E-state index in [9.17, 15) is 18.4 Å². The predicted octanol–water partition coefficient (Wildman–Crippen LogP) is 2.67. The summed E-state index contributed by atoms with van der Waals surface area (Å²) in [6.07, 6.45) is 1.59. The van der Waals surface area contributed by atoms with E-state index in [2.05, 4.69) is 5.32 Å². The number of halogens is 2. The molecule has 0 aliphatic carbocycles. The van der Waals surface area contributed by atoms with Crippen LogP contribution in [-0.2, 0) is 11.3 Å². The Morgan fingerprint density at radius 3 is 2.69 bits per heavy atom. The van der Waals surface area contributed by atoms with Gasteiger partial charge in [0.15, 0.2) is 0 Å². The Labute approximate surface area is 149 Å². The fourth-order valence-electron chi connectivity index (χ4n) is 3.20. The van der Waals surface area contributed by atoms with E-state index in [4.69, 9.17) is 5.73 Å². The Bertz CT molecular complexity index is 841. The van der Waals surface area contributed by atoms with E-state index in [1.54, 1.807) is 12.1 Å². The van der Waals surface area contributed by atoms with Gasteiger partial charge >= 0.3 is 0 Å². The normalized spacial score (nSPS) is 17.2. The van der Waals surface area contributed by atoms with Gasteiger partial charge < -0.3 is 11.1 Å². The molecule has 5 nitrogen and oxygen atoms in total. The lowest BCUT2D eigenvalue weighted by atomic mass is 10.1. The molecule has 0 saturated carbocycles. The molecule has 26 heavy (non-hydrogen) atoms. The second-order valence-electron chi connectivity index (χ2n) is 6.27. The average molecular weight is 359 g/mol. The molecule has 0 radical (unpaired) electrons. The molecule has 2 aromatic rings. The van der Waals surface area contributed by atoms with Crippen LogP contribution in [0.2, 0.25) is 0 Å². The number of primary amides is 1. The summed E-state index contributed by atoms with van der Waals surface area (Å²) >= 11 is 0. The van der Waals surface area contributed by atoms with Gasteiger partial charge in [0, 0.05) is 18.3 Å². The maximum Gasteiger partial charge on any atom is 0.258 e. The van der Waals surface area contributed by atoms with Crippen LogP contribution < -0.4 is 11.1 Å². The fourth-order valence-corrected chi connectivity index (χ4v) is 3.20. The minimum Gasteiger partial charge on any atom is -0.368 e. The molecule has 1 aliphatic heterocycles. The molecule has 0 bridgehead atoms. The first-order valence-corrected chi connectivity index (χ1v) is 8.33. The van der Waals surface area contributed by atoms with E-state index >= 15 is 0 Å². The monoisotopic (exact) mass is 359 g/mol. The molecule has 0 spiro atoms. The predicted molar refractivity (Wildman–Crippen MR) is 93.4 cm³/mol. The molecule has 1 aliphatic rings. The molecule has 7 heteroatoms.